The molecule has 1 heterocycles. The normalized spacial score (nSPS) is 10.0. The molecule has 1 aromatic heterocycles. The Kier molecular flexibility index (Phi) is 7.14. The molecule has 0 fully saturated rings. The first-order valence-corrected chi connectivity index (χ1v) is 6.90. The van der Waals surface area contributed by atoms with Crippen molar-refractivity contribution in [3.63, 3.8) is 0 Å². The van der Waals surface area contributed by atoms with Crippen LogP contribution in [0.2, 0.25) is 0 Å². The fourth-order valence-corrected chi connectivity index (χ4v) is 1.66. The number of unbranched alkanes of at least 4 members (excludes halogenated alkanes) is 2. The first kappa shape index (κ1) is 16.9. The number of nitrogens with zero attached hydrogens (tertiary/aromatic N) is 3. The maximum atomic E-state index is 11.6. The van der Waals surface area contributed by atoms with Crippen LogP contribution in [0.1, 0.15) is 36.2 Å². The minimum absolute atomic E-state index is 0.170. The topological polar surface area (TPSA) is 84.4 Å². The van der Waals surface area contributed by atoms with Crippen molar-refractivity contribution in [2.45, 2.75) is 25.7 Å². The summed E-state index contributed by atoms with van der Waals surface area (Å²) in [6.07, 6.45) is 3.14. The van der Waals surface area contributed by atoms with Crippen LogP contribution >= 0.6 is 0 Å². The summed E-state index contributed by atoms with van der Waals surface area (Å²) < 4.78 is 4.57. The number of hydrogen-bond donors (Lipinski definition) is 1. The Labute approximate surface area is 124 Å². The second kappa shape index (κ2) is 8.89. The van der Waals surface area contributed by atoms with Crippen LogP contribution in [0.15, 0.2) is 12.1 Å². The lowest BCUT2D eigenvalue weighted by atomic mass is 10.2. The molecule has 0 atom stereocenters. The van der Waals surface area contributed by atoms with Gasteiger partial charge < -0.3 is 15.0 Å². The second-order valence-corrected chi connectivity index (χ2v) is 4.82. The minimum atomic E-state index is -0.171. The average molecular weight is 294 g/mol. The summed E-state index contributed by atoms with van der Waals surface area (Å²) in [7, 11) is 4.74. The summed E-state index contributed by atoms with van der Waals surface area (Å²) in [5, 5.41) is 11.0. The Balaban J connectivity index is 2.24. The quantitative estimate of drug-likeness (QED) is 0.575. The van der Waals surface area contributed by atoms with Gasteiger partial charge in [-0.1, -0.05) is 6.42 Å². The number of hydrogen-bond acceptors (Lipinski definition) is 6. The number of nitrogens with one attached hydrogen (secondary N) is 1. The van der Waals surface area contributed by atoms with E-state index in [4.69, 9.17) is 0 Å². The number of esters is 1. The Morgan fingerprint density at radius 2 is 1.95 bits per heavy atom. The van der Waals surface area contributed by atoms with Gasteiger partial charge in [-0.15, -0.1) is 10.2 Å². The van der Waals surface area contributed by atoms with Crippen molar-refractivity contribution in [3.05, 3.63) is 17.8 Å². The van der Waals surface area contributed by atoms with Crippen molar-refractivity contribution in [2.24, 2.45) is 0 Å². The lowest BCUT2D eigenvalue weighted by Crippen LogP contribution is -2.23. The molecule has 0 aliphatic rings. The Hall–Kier alpha value is -2.18. The van der Waals surface area contributed by atoms with Crippen molar-refractivity contribution in [2.75, 3.05) is 33.1 Å². The number of carbonyl (C=O) groups excluding carboxylic acids is 2. The van der Waals surface area contributed by atoms with Gasteiger partial charge in [-0.3, -0.25) is 9.59 Å². The Morgan fingerprint density at radius 1 is 1.19 bits per heavy atom. The van der Waals surface area contributed by atoms with Gasteiger partial charge in [-0.05, 0) is 25.0 Å². The first-order chi connectivity index (χ1) is 10.0. The maximum absolute atomic E-state index is 11.6. The highest BCUT2D eigenvalue weighted by atomic mass is 16.5. The number of anilines is 1. The highest BCUT2D eigenvalue weighted by Gasteiger charge is 2.09. The number of amides is 1. The lowest BCUT2D eigenvalue weighted by molar-refractivity contribution is -0.140. The van der Waals surface area contributed by atoms with E-state index in [1.165, 1.54) is 12.0 Å². The Bertz CT molecular complexity index is 460. The lowest BCUT2D eigenvalue weighted by Gasteiger charge is -2.09. The van der Waals surface area contributed by atoms with E-state index >= 15 is 0 Å². The van der Waals surface area contributed by atoms with Gasteiger partial charge in [-0.25, -0.2) is 0 Å². The molecule has 0 saturated heterocycles. The smallest absolute Gasteiger partial charge is 0.305 e. The monoisotopic (exact) mass is 294 g/mol. The van der Waals surface area contributed by atoms with Gasteiger partial charge in [0.2, 0.25) is 0 Å². The van der Waals surface area contributed by atoms with Crippen LogP contribution in [0.3, 0.4) is 0 Å². The molecule has 7 heteroatoms. The van der Waals surface area contributed by atoms with Crippen molar-refractivity contribution in [1.82, 2.24) is 15.1 Å². The third-order valence-corrected chi connectivity index (χ3v) is 2.88. The predicted molar refractivity (Wildman–Crippen MR) is 79.0 cm³/mol. The molecule has 0 aliphatic carbocycles. The number of rotatable bonds is 8. The minimum Gasteiger partial charge on any atom is -0.469 e. The molecule has 0 aromatic carbocycles. The summed E-state index contributed by atoms with van der Waals surface area (Å²) in [6, 6.07) is 3.38. The third kappa shape index (κ3) is 6.20. The zero-order valence-corrected chi connectivity index (χ0v) is 12.8. The van der Waals surface area contributed by atoms with E-state index in [0.717, 1.165) is 25.8 Å². The number of ether oxygens (including phenoxy) is 1. The third-order valence-electron chi connectivity index (χ3n) is 2.88. The molecule has 0 spiro atoms. The van der Waals surface area contributed by atoms with E-state index in [1.54, 1.807) is 26.2 Å². The summed E-state index contributed by atoms with van der Waals surface area (Å²) in [4.78, 5) is 24.0. The van der Waals surface area contributed by atoms with Gasteiger partial charge in [-0.2, -0.15) is 0 Å². The fraction of sp³-hybridized carbons (Fsp3) is 0.571. The van der Waals surface area contributed by atoms with E-state index in [9.17, 15) is 9.59 Å². The average Bonchev–Trinajstić information content (AvgIpc) is 2.50. The second-order valence-electron chi connectivity index (χ2n) is 4.82. The summed E-state index contributed by atoms with van der Waals surface area (Å²) in [5.74, 6) is 0.296. The molecule has 21 heavy (non-hydrogen) atoms. The highest BCUT2D eigenvalue weighted by molar-refractivity contribution is 5.91. The summed E-state index contributed by atoms with van der Waals surface area (Å²) >= 11 is 0. The molecule has 0 unspecified atom stereocenters. The van der Waals surface area contributed by atoms with Crippen LogP contribution < -0.4 is 5.32 Å². The molecule has 1 N–H and O–H groups in total. The molecule has 0 bridgehead atoms. The van der Waals surface area contributed by atoms with E-state index in [2.05, 4.69) is 20.3 Å². The van der Waals surface area contributed by atoms with Crippen LogP contribution in [0.5, 0.6) is 0 Å². The van der Waals surface area contributed by atoms with Crippen molar-refractivity contribution in [3.8, 4) is 0 Å². The van der Waals surface area contributed by atoms with Gasteiger partial charge in [0.1, 0.15) is 5.82 Å². The molecule has 0 radical (unpaired) electrons. The fourth-order valence-electron chi connectivity index (χ4n) is 1.66. The standard InChI is InChI=1S/C14H22N4O3/c1-18(2)14(20)11-8-9-12(17-16-11)15-10-6-4-5-7-13(19)21-3/h8-9H,4-7,10H2,1-3H3,(H,15,17). The molecule has 7 nitrogen and oxygen atoms in total. The summed E-state index contributed by atoms with van der Waals surface area (Å²) in [5.41, 5.74) is 0.323. The van der Waals surface area contributed by atoms with Crippen LogP contribution in [0.25, 0.3) is 0 Å². The summed E-state index contributed by atoms with van der Waals surface area (Å²) in [6.45, 7) is 0.747. The number of methoxy groups -OCH3 is 1. The van der Waals surface area contributed by atoms with Crippen LogP contribution in [0.4, 0.5) is 5.82 Å². The molecule has 0 saturated carbocycles. The molecule has 116 valence electrons. The van der Waals surface area contributed by atoms with E-state index < -0.39 is 0 Å². The van der Waals surface area contributed by atoms with Gasteiger partial charge in [0.15, 0.2) is 5.69 Å². The SMILES string of the molecule is COC(=O)CCCCCNc1ccc(C(=O)N(C)C)nn1. The van der Waals surface area contributed by atoms with E-state index in [0.29, 0.717) is 17.9 Å². The largest absolute Gasteiger partial charge is 0.469 e. The maximum Gasteiger partial charge on any atom is 0.305 e. The zero-order chi connectivity index (χ0) is 15.7. The number of aromatic nitrogens is 2. The molecule has 1 aromatic rings. The zero-order valence-electron chi connectivity index (χ0n) is 12.8. The highest BCUT2D eigenvalue weighted by Crippen LogP contribution is 2.05. The molecular formula is C14H22N4O3. The molecule has 0 aliphatic heterocycles. The van der Waals surface area contributed by atoms with Crippen LogP contribution in [0, 0.1) is 0 Å². The molecule has 1 rings (SSSR count). The Morgan fingerprint density at radius 3 is 2.52 bits per heavy atom. The van der Waals surface area contributed by atoms with E-state index in [-0.39, 0.29) is 11.9 Å². The predicted octanol–water partition coefficient (Wildman–Crippen LogP) is 1.32. The van der Waals surface area contributed by atoms with Crippen LogP contribution in [-0.4, -0.2) is 54.7 Å². The van der Waals surface area contributed by atoms with Crippen molar-refractivity contribution < 1.29 is 14.3 Å². The van der Waals surface area contributed by atoms with Gasteiger partial charge in [0.25, 0.3) is 5.91 Å². The van der Waals surface area contributed by atoms with Gasteiger partial charge in [0.05, 0.1) is 7.11 Å². The van der Waals surface area contributed by atoms with Crippen LogP contribution in [-0.2, 0) is 9.53 Å². The van der Waals surface area contributed by atoms with Crippen molar-refractivity contribution in [1.29, 1.82) is 0 Å². The first-order valence-electron chi connectivity index (χ1n) is 6.90. The number of carbonyl (C=O) groups is 2. The van der Waals surface area contributed by atoms with E-state index in [1.807, 2.05) is 0 Å². The molecule has 1 amide bonds. The van der Waals surface area contributed by atoms with Gasteiger partial charge >= 0.3 is 5.97 Å². The molecular weight excluding hydrogens is 272 g/mol. The van der Waals surface area contributed by atoms with Gasteiger partial charge in [0, 0.05) is 27.1 Å². The van der Waals surface area contributed by atoms with Crippen molar-refractivity contribution >= 4 is 17.7 Å².